The third kappa shape index (κ3) is 1.98. The molecule has 11 heavy (non-hydrogen) atoms. The van der Waals surface area contributed by atoms with Crippen LogP contribution in [-0.2, 0) is 6.42 Å². The second-order valence-electron chi connectivity index (χ2n) is 2.27. The molecule has 2 nitrogen and oxygen atoms in total. The Hall–Kier alpha value is -0.960. The summed E-state index contributed by atoms with van der Waals surface area (Å²) in [5, 5.41) is 0. The molecule has 2 N–H and O–H groups in total. The lowest BCUT2D eigenvalue weighted by molar-refractivity contribution is 1.10. The van der Waals surface area contributed by atoms with E-state index in [1.54, 1.807) is 6.20 Å². The first-order valence-corrected chi connectivity index (χ1v) is 3.89. The van der Waals surface area contributed by atoms with Crippen molar-refractivity contribution in [2.45, 2.75) is 13.3 Å². The van der Waals surface area contributed by atoms with Gasteiger partial charge < -0.3 is 5.73 Å². The Bertz CT molecular complexity index is 253. The van der Waals surface area contributed by atoms with E-state index in [1.807, 2.05) is 12.1 Å². The molecule has 0 aliphatic carbocycles. The average Bonchev–Trinajstić information content (AvgIpc) is 2.05. The van der Waals surface area contributed by atoms with E-state index in [4.69, 9.17) is 18.0 Å². The molecule has 0 unspecified atom stereocenters. The van der Waals surface area contributed by atoms with Crippen molar-refractivity contribution in [3.05, 3.63) is 29.6 Å². The number of nitrogens with zero attached hydrogens (tertiary/aromatic N) is 1. The monoisotopic (exact) mass is 166 g/mol. The lowest BCUT2D eigenvalue weighted by Crippen LogP contribution is -2.11. The van der Waals surface area contributed by atoms with Gasteiger partial charge in [-0.2, -0.15) is 0 Å². The number of hydrogen-bond donors (Lipinski definition) is 1. The standard InChI is InChI=1S/C8H10N2S/c1-2-6-3-4-7(8(9)11)10-5-6/h3-5H,2H2,1H3,(H2,9,11). The predicted molar refractivity (Wildman–Crippen MR) is 49.5 cm³/mol. The van der Waals surface area contributed by atoms with Crippen LogP contribution in [-0.4, -0.2) is 9.97 Å². The zero-order chi connectivity index (χ0) is 8.27. The van der Waals surface area contributed by atoms with Crippen molar-refractivity contribution in [3.63, 3.8) is 0 Å². The molecular formula is C8H10N2S. The van der Waals surface area contributed by atoms with Crippen molar-refractivity contribution in [2.75, 3.05) is 0 Å². The fourth-order valence-corrected chi connectivity index (χ4v) is 0.900. The summed E-state index contributed by atoms with van der Waals surface area (Å²) >= 11 is 4.76. The molecule has 1 aromatic rings. The van der Waals surface area contributed by atoms with Crippen LogP contribution in [0, 0.1) is 0 Å². The van der Waals surface area contributed by atoms with Crippen LogP contribution < -0.4 is 5.73 Å². The summed E-state index contributed by atoms with van der Waals surface area (Å²) < 4.78 is 0. The Morgan fingerprint density at radius 1 is 1.64 bits per heavy atom. The summed E-state index contributed by atoms with van der Waals surface area (Å²) in [6.45, 7) is 2.08. The summed E-state index contributed by atoms with van der Waals surface area (Å²) in [5.41, 5.74) is 7.27. The van der Waals surface area contributed by atoms with E-state index in [-0.39, 0.29) is 0 Å². The van der Waals surface area contributed by atoms with Gasteiger partial charge in [-0.15, -0.1) is 0 Å². The molecule has 0 fully saturated rings. The molecule has 0 radical (unpaired) electrons. The largest absolute Gasteiger partial charge is 0.388 e. The molecule has 0 atom stereocenters. The zero-order valence-electron chi connectivity index (χ0n) is 6.37. The number of pyridine rings is 1. The van der Waals surface area contributed by atoms with Crippen molar-refractivity contribution in [2.24, 2.45) is 5.73 Å². The quantitative estimate of drug-likeness (QED) is 0.673. The van der Waals surface area contributed by atoms with E-state index in [1.165, 1.54) is 5.56 Å². The van der Waals surface area contributed by atoms with Gasteiger partial charge in [0.25, 0.3) is 0 Å². The Labute approximate surface area is 71.4 Å². The van der Waals surface area contributed by atoms with Crippen molar-refractivity contribution < 1.29 is 0 Å². The molecule has 1 rings (SSSR count). The molecular weight excluding hydrogens is 156 g/mol. The molecule has 0 saturated heterocycles. The SMILES string of the molecule is CCc1ccc(C(N)=S)nc1. The Kier molecular flexibility index (Phi) is 2.54. The number of thiocarbonyl (C=S) groups is 1. The molecule has 0 spiro atoms. The van der Waals surface area contributed by atoms with Crippen molar-refractivity contribution in [3.8, 4) is 0 Å². The normalized spacial score (nSPS) is 9.55. The smallest absolute Gasteiger partial charge is 0.122 e. The number of aromatic nitrogens is 1. The molecule has 58 valence electrons. The number of hydrogen-bond acceptors (Lipinski definition) is 2. The van der Waals surface area contributed by atoms with Crippen molar-refractivity contribution in [1.82, 2.24) is 4.98 Å². The fraction of sp³-hybridized carbons (Fsp3) is 0.250. The van der Waals surface area contributed by atoms with Gasteiger partial charge in [0.2, 0.25) is 0 Å². The summed E-state index contributed by atoms with van der Waals surface area (Å²) in [7, 11) is 0. The summed E-state index contributed by atoms with van der Waals surface area (Å²) in [5.74, 6) is 0. The molecule has 0 saturated carbocycles. The van der Waals surface area contributed by atoms with Crippen LogP contribution in [0.2, 0.25) is 0 Å². The highest BCUT2D eigenvalue weighted by Gasteiger charge is 1.95. The molecule has 3 heteroatoms. The van der Waals surface area contributed by atoms with Crippen LogP contribution in [0.4, 0.5) is 0 Å². The van der Waals surface area contributed by atoms with Crippen LogP contribution in [0.1, 0.15) is 18.2 Å². The number of aryl methyl sites for hydroxylation is 1. The minimum atomic E-state index is 0.354. The van der Waals surface area contributed by atoms with Crippen LogP contribution in [0.15, 0.2) is 18.3 Å². The average molecular weight is 166 g/mol. The van der Waals surface area contributed by atoms with Gasteiger partial charge in [0, 0.05) is 6.20 Å². The van der Waals surface area contributed by atoms with E-state index >= 15 is 0 Å². The zero-order valence-corrected chi connectivity index (χ0v) is 7.19. The summed E-state index contributed by atoms with van der Waals surface area (Å²) in [6, 6.07) is 3.84. The molecule has 1 heterocycles. The van der Waals surface area contributed by atoms with Crippen molar-refractivity contribution >= 4 is 17.2 Å². The fourth-order valence-electron chi connectivity index (χ4n) is 0.779. The molecule has 0 aromatic carbocycles. The summed E-state index contributed by atoms with van der Waals surface area (Å²) in [4.78, 5) is 4.44. The Balaban J connectivity index is 2.91. The Morgan fingerprint density at radius 2 is 2.36 bits per heavy atom. The molecule has 1 aromatic heterocycles. The molecule has 0 amide bonds. The van der Waals surface area contributed by atoms with Gasteiger partial charge in [-0.3, -0.25) is 4.98 Å². The highest BCUT2D eigenvalue weighted by molar-refractivity contribution is 7.80. The molecule has 0 aliphatic heterocycles. The van der Waals surface area contributed by atoms with Gasteiger partial charge in [0.05, 0.1) is 5.69 Å². The topological polar surface area (TPSA) is 38.9 Å². The van der Waals surface area contributed by atoms with Gasteiger partial charge in [-0.1, -0.05) is 25.2 Å². The molecule has 0 bridgehead atoms. The Morgan fingerprint density at radius 3 is 2.73 bits per heavy atom. The first-order chi connectivity index (χ1) is 5.24. The third-order valence-corrected chi connectivity index (χ3v) is 1.69. The number of rotatable bonds is 2. The van der Waals surface area contributed by atoms with Gasteiger partial charge in [-0.05, 0) is 18.1 Å². The first-order valence-electron chi connectivity index (χ1n) is 3.48. The highest BCUT2D eigenvalue weighted by atomic mass is 32.1. The van der Waals surface area contributed by atoms with Crippen LogP contribution in [0.25, 0.3) is 0 Å². The van der Waals surface area contributed by atoms with Crippen LogP contribution in [0.5, 0.6) is 0 Å². The maximum absolute atomic E-state index is 5.37. The van der Waals surface area contributed by atoms with Gasteiger partial charge in [-0.25, -0.2) is 0 Å². The van der Waals surface area contributed by atoms with E-state index in [2.05, 4.69) is 11.9 Å². The minimum Gasteiger partial charge on any atom is -0.388 e. The van der Waals surface area contributed by atoms with E-state index in [9.17, 15) is 0 Å². The summed E-state index contributed by atoms with van der Waals surface area (Å²) in [6.07, 6.45) is 2.79. The highest BCUT2D eigenvalue weighted by Crippen LogP contribution is 2.00. The van der Waals surface area contributed by atoms with E-state index in [0.29, 0.717) is 10.7 Å². The first kappa shape index (κ1) is 8.14. The predicted octanol–water partition coefficient (Wildman–Crippen LogP) is 1.28. The lowest BCUT2D eigenvalue weighted by atomic mass is 10.2. The van der Waals surface area contributed by atoms with Crippen LogP contribution >= 0.6 is 12.2 Å². The van der Waals surface area contributed by atoms with Crippen molar-refractivity contribution in [1.29, 1.82) is 0 Å². The van der Waals surface area contributed by atoms with Gasteiger partial charge in [0.1, 0.15) is 4.99 Å². The molecule has 0 aliphatic rings. The maximum Gasteiger partial charge on any atom is 0.122 e. The van der Waals surface area contributed by atoms with Crippen LogP contribution in [0.3, 0.4) is 0 Å². The third-order valence-electron chi connectivity index (χ3n) is 1.49. The second kappa shape index (κ2) is 3.44. The second-order valence-corrected chi connectivity index (χ2v) is 2.71. The lowest BCUT2D eigenvalue weighted by Gasteiger charge is -1.97. The maximum atomic E-state index is 5.37. The van der Waals surface area contributed by atoms with E-state index in [0.717, 1.165) is 6.42 Å². The number of nitrogens with two attached hydrogens (primary N) is 1. The minimum absolute atomic E-state index is 0.354. The van der Waals surface area contributed by atoms with Gasteiger partial charge >= 0.3 is 0 Å². The van der Waals surface area contributed by atoms with E-state index < -0.39 is 0 Å². The van der Waals surface area contributed by atoms with Gasteiger partial charge in [0.15, 0.2) is 0 Å².